The molecule has 0 fully saturated rings. The van der Waals surface area contributed by atoms with Gasteiger partial charge in [-0.05, 0) is 23.9 Å². The fourth-order valence-electron chi connectivity index (χ4n) is 2.59. The molecule has 0 bridgehead atoms. The Hall–Kier alpha value is -3.07. The fourth-order valence-corrected chi connectivity index (χ4v) is 3.23. The van der Waals surface area contributed by atoms with E-state index in [-0.39, 0.29) is 24.1 Å². The van der Waals surface area contributed by atoms with Crippen LogP contribution in [0.25, 0.3) is 11.4 Å². The van der Waals surface area contributed by atoms with Crippen molar-refractivity contribution in [2.75, 3.05) is 7.05 Å². The van der Waals surface area contributed by atoms with E-state index >= 15 is 0 Å². The number of nitro benzene ring substituents is 1. The minimum atomic E-state index is -0.446. The molecular formula is C18H18N4O4S. The molecule has 0 saturated heterocycles. The van der Waals surface area contributed by atoms with Crippen molar-refractivity contribution in [1.82, 2.24) is 15.0 Å². The van der Waals surface area contributed by atoms with Gasteiger partial charge in [0.2, 0.25) is 17.6 Å². The first kappa shape index (κ1) is 18.7. The van der Waals surface area contributed by atoms with Crippen molar-refractivity contribution in [3.8, 4) is 11.4 Å². The topological polar surface area (TPSA) is 102 Å². The second-order valence-electron chi connectivity index (χ2n) is 6.06. The molecular weight excluding hydrogens is 368 g/mol. The zero-order valence-corrected chi connectivity index (χ0v) is 15.7. The molecule has 3 aromatic rings. The Bertz CT molecular complexity index is 939. The molecule has 0 radical (unpaired) electrons. The number of nitro groups is 1. The van der Waals surface area contributed by atoms with E-state index in [1.165, 1.54) is 12.1 Å². The van der Waals surface area contributed by atoms with E-state index in [0.717, 1.165) is 5.56 Å². The quantitative estimate of drug-likeness (QED) is 0.451. The Balaban J connectivity index is 1.60. The molecule has 2 heterocycles. The summed E-state index contributed by atoms with van der Waals surface area (Å²) in [6.45, 7) is 1.83. The summed E-state index contributed by atoms with van der Waals surface area (Å²) in [7, 11) is 1.68. The van der Waals surface area contributed by atoms with Crippen molar-refractivity contribution in [2.24, 2.45) is 0 Å². The van der Waals surface area contributed by atoms with E-state index in [9.17, 15) is 14.9 Å². The first-order valence-corrected chi connectivity index (χ1v) is 9.25. The van der Waals surface area contributed by atoms with Gasteiger partial charge in [0.15, 0.2) is 0 Å². The first-order valence-electron chi connectivity index (χ1n) is 8.31. The van der Waals surface area contributed by atoms with E-state index < -0.39 is 4.92 Å². The second kappa shape index (κ2) is 8.09. The number of amides is 1. The number of thiophene rings is 1. The zero-order valence-electron chi connectivity index (χ0n) is 14.9. The average Bonchev–Trinajstić information content (AvgIpc) is 3.36. The summed E-state index contributed by atoms with van der Waals surface area (Å²) >= 11 is 1.55. The Morgan fingerprint density at radius 2 is 2.22 bits per heavy atom. The molecule has 0 unspecified atom stereocenters. The molecule has 1 amide bonds. The van der Waals surface area contributed by atoms with Crippen molar-refractivity contribution in [1.29, 1.82) is 0 Å². The Morgan fingerprint density at radius 3 is 2.93 bits per heavy atom. The maximum absolute atomic E-state index is 12.5. The van der Waals surface area contributed by atoms with E-state index in [2.05, 4.69) is 10.1 Å². The molecule has 140 valence electrons. The second-order valence-corrected chi connectivity index (χ2v) is 6.84. The van der Waals surface area contributed by atoms with Crippen LogP contribution in [-0.2, 0) is 11.2 Å². The van der Waals surface area contributed by atoms with Gasteiger partial charge >= 0.3 is 0 Å². The lowest BCUT2D eigenvalue weighted by atomic mass is 10.1. The molecule has 0 spiro atoms. The standard InChI is InChI=1S/C18H18N4O4S/c1-12(13-4-3-5-15(10-13)22(24)25)21(2)17(23)7-6-16-19-18(20-26-16)14-8-9-27-11-14/h3-5,8-12H,6-7H2,1-2H3/t12-/m1/s1. The summed E-state index contributed by atoms with van der Waals surface area (Å²) in [5.74, 6) is 0.808. The molecule has 0 aliphatic carbocycles. The van der Waals surface area contributed by atoms with Gasteiger partial charge < -0.3 is 9.42 Å². The van der Waals surface area contributed by atoms with Crippen molar-refractivity contribution in [2.45, 2.75) is 25.8 Å². The molecule has 9 heteroatoms. The van der Waals surface area contributed by atoms with Gasteiger partial charge in [0, 0.05) is 43.0 Å². The van der Waals surface area contributed by atoms with Crippen molar-refractivity contribution < 1.29 is 14.2 Å². The van der Waals surface area contributed by atoms with Crippen LogP contribution in [0.4, 0.5) is 5.69 Å². The third-order valence-electron chi connectivity index (χ3n) is 4.34. The van der Waals surface area contributed by atoms with Crippen LogP contribution in [0.5, 0.6) is 0 Å². The van der Waals surface area contributed by atoms with Crippen LogP contribution in [0, 0.1) is 10.1 Å². The molecule has 3 rings (SSSR count). The van der Waals surface area contributed by atoms with Crippen LogP contribution in [-0.4, -0.2) is 32.9 Å². The lowest BCUT2D eigenvalue weighted by molar-refractivity contribution is -0.384. The van der Waals surface area contributed by atoms with Crippen LogP contribution >= 0.6 is 11.3 Å². The molecule has 1 aromatic carbocycles. The van der Waals surface area contributed by atoms with Crippen LogP contribution in [0.1, 0.15) is 30.8 Å². The minimum Gasteiger partial charge on any atom is -0.339 e. The normalized spacial score (nSPS) is 11.9. The molecule has 8 nitrogen and oxygen atoms in total. The highest BCUT2D eigenvalue weighted by atomic mass is 32.1. The highest BCUT2D eigenvalue weighted by Gasteiger charge is 2.20. The van der Waals surface area contributed by atoms with E-state index in [1.807, 2.05) is 23.8 Å². The number of carbonyl (C=O) groups is 1. The summed E-state index contributed by atoms with van der Waals surface area (Å²) in [4.78, 5) is 28.8. The number of carbonyl (C=O) groups excluding carboxylic acids is 1. The van der Waals surface area contributed by atoms with Crippen molar-refractivity contribution in [3.63, 3.8) is 0 Å². The molecule has 1 atom stereocenters. The number of aryl methyl sites for hydroxylation is 1. The number of nitrogens with zero attached hydrogens (tertiary/aromatic N) is 4. The van der Waals surface area contributed by atoms with Gasteiger partial charge in [0.1, 0.15) is 0 Å². The SMILES string of the molecule is C[C@H](c1cccc([N+](=O)[O-])c1)N(C)C(=O)CCc1nc(-c2ccsc2)no1. The van der Waals surface area contributed by atoms with Crippen molar-refractivity contribution >= 4 is 22.9 Å². The summed E-state index contributed by atoms with van der Waals surface area (Å²) in [5.41, 5.74) is 1.60. The number of hydrogen-bond donors (Lipinski definition) is 0. The number of non-ortho nitro benzene ring substituents is 1. The largest absolute Gasteiger partial charge is 0.339 e. The Kier molecular flexibility index (Phi) is 5.60. The molecule has 0 aliphatic rings. The van der Waals surface area contributed by atoms with E-state index in [1.54, 1.807) is 35.4 Å². The summed E-state index contributed by atoms with van der Waals surface area (Å²) < 4.78 is 5.20. The third-order valence-corrected chi connectivity index (χ3v) is 5.02. The maximum atomic E-state index is 12.5. The maximum Gasteiger partial charge on any atom is 0.269 e. The van der Waals surface area contributed by atoms with Crippen LogP contribution in [0.3, 0.4) is 0 Å². The smallest absolute Gasteiger partial charge is 0.269 e. The molecule has 0 aliphatic heterocycles. The Morgan fingerprint density at radius 1 is 1.41 bits per heavy atom. The van der Waals surface area contributed by atoms with Crippen molar-refractivity contribution in [3.05, 3.63) is 62.7 Å². The summed E-state index contributed by atoms with van der Waals surface area (Å²) in [6, 6.07) is 7.91. The van der Waals surface area contributed by atoms with Gasteiger partial charge in [0.25, 0.3) is 5.69 Å². The van der Waals surface area contributed by atoms with Crippen LogP contribution < -0.4 is 0 Å². The summed E-state index contributed by atoms with van der Waals surface area (Å²) in [6.07, 6.45) is 0.545. The van der Waals surface area contributed by atoms with Gasteiger partial charge in [-0.1, -0.05) is 17.3 Å². The number of rotatable bonds is 7. The predicted molar refractivity (Wildman–Crippen MR) is 100 cm³/mol. The fraction of sp³-hybridized carbons (Fsp3) is 0.278. The lowest BCUT2D eigenvalue weighted by Crippen LogP contribution is -2.29. The first-order chi connectivity index (χ1) is 13.0. The number of aromatic nitrogens is 2. The lowest BCUT2D eigenvalue weighted by Gasteiger charge is -2.25. The molecule has 27 heavy (non-hydrogen) atoms. The molecule has 0 N–H and O–H groups in total. The van der Waals surface area contributed by atoms with Gasteiger partial charge in [-0.15, -0.1) is 0 Å². The van der Waals surface area contributed by atoms with E-state index in [0.29, 0.717) is 23.7 Å². The predicted octanol–water partition coefficient (Wildman–Crippen LogP) is 3.86. The monoisotopic (exact) mass is 386 g/mol. The average molecular weight is 386 g/mol. The molecule has 0 saturated carbocycles. The van der Waals surface area contributed by atoms with Gasteiger partial charge in [-0.2, -0.15) is 16.3 Å². The highest BCUT2D eigenvalue weighted by Crippen LogP contribution is 2.24. The van der Waals surface area contributed by atoms with Crippen LogP contribution in [0.2, 0.25) is 0 Å². The van der Waals surface area contributed by atoms with E-state index in [4.69, 9.17) is 4.52 Å². The number of benzene rings is 1. The highest BCUT2D eigenvalue weighted by molar-refractivity contribution is 7.08. The number of hydrogen-bond acceptors (Lipinski definition) is 7. The summed E-state index contributed by atoms with van der Waals surface area (Å²) in [5, 5.41) is 18.7. The Labute approximate surface area is 159 Å². The minimum absolute atomic E-state index is 0.00650. The van der Waals surface area contributed by atoms with Gasteiger partial charge in [-0.25, -0.2) is 0 Å². The zero-order chi connectivity index (χ0) is 19.4. The van der Waals surface area contributed by atoms with Gasteiger partial charge in [0.05, 0.1) is 11.0 Å². The molecule has 2 aromatic heterocycles. The third kappa shape index (κ3) is 4.37. The van der Waals surface area contributed by atoms with Crippen LogP contribution in [0.15, 0.2) is 45.6 Å². The van der Waals surface area contributed by atoms with Gasteiger partial charge in [-0.3, -0.25) is 14.9 Å².